The van der Waals surface area contributed by atoms with E-state index in [2.05, 4.69) is 24.4 Å². The monoisotopic (exact) mass is 267 g/mol. The van der Waals surface area contributed by atoms with E-state index in [1.165, 1.54) is 5.56 Å². The molecule has 0 heterocycles. The lowest BCUT2D eigenvalue weighted by Gasteiger charge is -2.24. The minimum absolute atomic E-state index is 0.0823. The molecule has 4 nitrogen and oxygen atoms in total. The van der Waals surface area contributed by atoms with Crippen molar-refractivity contribution in [2.24, 2.45) is 0 Å². The van der Waals surface area contributed by atoms with Crippen molar-refractivity contribution in [1.29, 1.82) is 0 Å². The van der Waals surface area contributed by atoms with Crippen molar-refractivity contribution in [1.82, 2.24) is 5.32 Å². The van der Waals surface area contributed by atoms with Gasteiger partial charge in [-0.3, -0.25) is 0 Å². The highest BCUT2D eigenvalue weighted by molar-refractivity contribution is 5.29. The smallest absolute Gasteiger partial charge is 0.118 e. The van der Waals surface area contributed by atoms with Crippen molar-refractivity contribution >= 4 is 0 Å². The molecular formula is C15H25NO3. The van der Waals surface area contributed by atoms with E-state index in [1.807, 2.05) is 26.1 Å². The molecule has 4 heteroatoms. The van der Waals surface area contributed by atoms with Crippen molar-refractivity contribution in [2.75, 3.05) is 34.0 Å². The molecule has 0 aliphatic carbocycles. The second-order valence-corrected chi connectivity index (χ2v) is 4.31. The van der Waals surface area contributed by atoms with E-state index in [0.29, 0.717) is 13.2 Å². The topological polar surface area (TPSA) is 39.7 Å². The van der Waals surface area contributed by atoms with Gasteiger partial charge in [0.05, 0.1) is 32.5 Å². The minimum atomic E-state index is 0.0823. The summed E-state index contributed by atoms with van der Waals surface area (Å²) in [6.45, 7) is 6.03. The molecule has 1 aromatic rings. The first-order valence-corrected chi connectivity index (χ1v) is 6.73. The Labute approximate surface area is 116 Å². The van der Waals surface area contributed by atoms with E-state index in [9.17, 15) is 0 Å². The second-order valence-electron chi connectivity index (χ2n) is 4.31. The molecule has 1 N–H and O–H groups in total. The number of ether oxygens (including phenoxy) is 3. The van der Waals surface area contributed by atoms with Gasteiger partial charge in [-0.15, -0.1) is 0 Å². The lowest BCUT2D eigenvalue weighted by Crippen LogP contribution is -2.30. The van der Waals surface area contributed by atoms with Gasteiger partial charge in [0.15, 0.2) is 0 Å². The van der Waals surface area contributed by atoms with E-state index in [0.717, 1.165) is 12.4 Å². The molecule has 1 rings (SSSR count). The summed E-state index contributed by atoms with van der Waals surface area (Å²) < 4.78 is 16.2. The fourth-order valence-corrected chi connectivity index (χ4v) is 2.02. The van der Waals surface area contributed by atoms with Gasteiger partial charge in [0.25, 0.3) is 0 Å². The van der Waals surface area contributed by atoms with Gasteiger partial charge >= 0.3 is 0 Å². The second kappa shape index (κ2) is 8.91. The number of benzene rings is 1. The summed E-state index contributed by atoms with van der Waals surface area (Å²) in [7, 11) is 3.61. The van der Waals surface area contributed by atoms with Gasteiger partial charge in [-0.1, -0.05) is 12.1 Å². The van der Waals surface area contributed by atoms with E-state index in [-0.39, 0.29) is 12.1 Å². The van der Waals surface area contributed by atoms with Gasteiger partial charge < -0.3 is 19.5 Å². The highest BCUT2D eigenvalue weighted by Gasteiger charge is 2.17. The highest BCUT2D eigenvalue weighted by atomic mass is 16.5. The molecule has 0 amide bonds. The number of rotatable bonds is 9. The molecule has 0 saturated carbocycles. The first-order chi connectivity index (χ1) is 9.22. The summed E-state index contributed by atoms with van der Waals surface area (Å²) in [5, 5.41) is 3.29. The molecule has 0 saturated heterocycles. The zero-order valence-electron chi connectivity index (χ0n) is 12.3. The standard InChI is InChI=1S/C15H25NO3/c1-5-18-10-11-19-12(2)15(16-3)13-6-8-14(17-4)9-7-13/h6-9,12,15-16H,5,10-11H2,1-4H3. The largest absolute Gasteiger partial charge is 0.497 e. The molecule has 0 aromatic heterocycles. The average molecular weight is 267 g/mol. The molecule has 0 fully saturated rings. The highest BCUT2D eigenvalue weighted by Crippen LogP contribution is 2.21. The summed E-state index contributed by atoms with van der Waals surface area (Å²) in [5.74, 6) is 0.864. The Morgan fingerprint density at radius 2 is 1.84 bits per heavy atom. The van der Waals surface area contributed by atoms with Crippen molar-refractivity contribution < 1.29 is 14.2 Å². The average Bonchev–Trinajstić information content (AvgIpc) is 2.45. The molecule has 0 aliphatic heterocycles. The zero-order chi connectivity index (χ0) is 14.1. The maximum atomic E-state index is 5.79. The van der Waals surface area contributed by atoms with Gasteiger partial charge in [-0.25, -0.2) is 0 Å². The third-order valence-electron chi connectivity index (χ3n) is 3.07. The molecule has 0 spiro atoms. The van der Waals surface area contributed by atoms with Crippen LogP contribution in [0.25, 0.3) is 0 Å². The van der Waals surface area contributed by atoms with Crippen LogP contribution in [0.1, 0.15) is 25.5 Å². The van der Waals surface area contributed by atoms with Crippen LogP contribution in [-0.4, -0.2) is 40.1 Å². The lowest BCUT2D eigenvalue weighted by atomic mass is 10.0. The van der Waals surface area contributed by atoms with Crippen molar-refractivity contribution in [3.63, 3.8) is 0 Å². The van der Waals surface area contributed by atoms with Crippen LogP contribution in [0.15, 0.2) is 24.3 Å². The van der Waals surface area contributed by atoms with Crippen LogP contribution in [0.3, 0.4) is 0 Å². The van der Waals surface area contributed by atoms with Crippen LogP contribution in [0, 0.1) is 0 Å². The Hall–Kier alpha value is -1.10. The van der Waals surface area contributed by atoms with E-state index >= 15 is 0 Å². The quantitative estimate of drug-likeness (QED) is 0.697. The van der Waals surface area contributed by atoms with Crippen molar-refractivity contribution in [3.8, 4) is 5.75 Å². The Bertz CT molecular complexity index is 340. The molecule has 0 bridgehead atoms. The number of nitrogens with one attached hydrogen (secondary N) is 1. The summed E-state index contributed by atoms with van der Waals surface area (Å²) in [6, 6.07) is 8.21. The molecule has 19 heavy (non-hydrogen) atoms. The maximum absolute atomic E-state index is 5.79. The van der Waals surface area contributed by atoms with Crippen LogP contribution in [0.4, 0.5) is 0 Å². The molecule has 0 radical (unpaired) electrons. The molecule has 2 unspecified atom stereocenters. The Kier molecular flexibility index (Phi) is 7.48. The SMILES string of the molecule is CCOCCOC(C)C(NC)c1ccc(OC)cc1. The van der Waals surface area contributed by atoms with Crippen LogP contribution in [0.5, 0.6) is 5.75 Å². The number of methoxy groups -OCH3 is 1. The maximum Gasteiger partial charge on any atom is 0.118 e. The van der Waals surface area contributed by atoms with Gasteiger partial charge in [0.1, 0.15) is 5.75 Å². The fraction of sp³-hybridized carbons (Fsp3) is 0.600. The van der Waals surface area contributed by atoms with E-state index < -0.39 is 0 Å². The van der Waals surface area contributed by atoms with Gasteiger partial charge in [-0.2, -0.15) is 0 Å². The van der Waals surface area contributed by atoms with E-state index in [1.54, 1.807) is 7.11 Å². The third kappa shape index (κ3) is 5.19. The number of likely N-dealkylation sites (N-methyl/N-ethyl adjacent to an activating group) is 1. The zero-order valence-corrected chi connectivity index (χ0v) is 12.3. The fourth-order valence-electron chi connectivity index (χ4n) is 2.02. The first-order valence-electron chi connectivity index (χ1n) is 6.73. The van der Waals surface area contributed by atoms with Crippen molar-refractivity contribution in [2.45, 2.75) is 26.0 Å². The summed E-state index contributed by atoms with van der Waals surface area (Å²) in [5.41, 5.74) is 1.19. The number of hydrogen-bond acceptors (Lipinski definition) is 4. The summed E-state index contributed by atoms with van der Waals surface area (Å²) in [6.07, 6.45) is 0.0823. The molecule has 0 aliphatic rings. The summed E-state index contributed by atoms with van der Waals surface area (Å²) in [4.78, 5) is 0. The summed E-state index contributed by atoms with van der Waals surface area (Å²) >= 11 is 0. The van der Waals surface area contributed by atoms with Gasteiger partial charge in [0, 0.05) is 6.61 Å². The molecular weight excluding hydrogens is 242 g/mol. The van der Waals surface area contributed by atoms with Crippen molar-refractivity contribution in [3.05, 3.63) is 29.8 Å². The van der Waals surface area contributed by atoms with Gasteiger partial charge in [-0.05, 0) is 38.6 Å². The molecule has 108 valence electrons. The lowest BCUT2D eigenvalue weighted by molar-refractivity contribution is -0.0000650. The van der Waals surface area contributed by atoms with Gasteiger partial charge in [0.2, 0.25) is 0 Å². The minimum Gasteiger partial charge on any atom is -0.497 e. The van der Waals surface area contributed by atoms with Crippen LogP contribution in [-0.2, 0) is 9.47 Å². The third-order valence-corrected chi connectivity index (χ3v) is 3.07. The molecule has 2 atom stereocenters. The Balaban J connectivity index is 2.54. The Morgan fingerprint density at radius 3 is 2.37 bits per heavy atom. The normalized spacial score (nSPS) is 14.1. The Morgan fingerprint density at radius 1 is 1.16 bits per heavy atom. The predicted octanol–water partition coefficient (Wildman–Crippen LogP) is 2.40. The van der Waals surface area contributed by atoms with Crippen LogP contribution in [0.2, 0.25) is 0 Å². The number of hydrogen-bond donors (Lipinski definition) is 1. The van der Waals surface area contributed by atoms with Crippen LogP contribution >= 0.6 is 0 Å². The predicted molar refractivity (Wildman–Crippen MR) is 76.7 cm³/mol. The molecule has 1 aromatic carbocycles. The van der Waals surface area contributed by atoms with Crippen LogP contribution < -0.4 is 10.1 Å². The first kappa shape index (κ1) is 16.0. The van der Waals surface area contributed by atoms with E-state index in [4.69, 9.17) is 14.2 Å².